The normalized spacial score (nSPS) is 18.7. The first-order chi connectivity index (χ1) is 14.4. The summed E-state index contributed by atoms with van der Waals surface area (Å²) >= 11 is 0. The summed E-state index contributed by atoms with van der Waals surface area (Å²) in [5, 5.41) is 3.23. The molecule has 1 aromatic rings. The van der Waals surface area contributed by atoms with Gasteiger partial charge in [0.2, 0.25) is 15.9 Å². The van der Waals surface area contributed by atoms with Crippen LogP contribution in [0.4, 0.5) is 0 Å². The van der Waals surface area contributed by atoms with Gasteiger partial charge in [0.05, 0.1) is 11.4 Å². The summed E-state index contributed by atoms with van der Waals surface area (Å²) in [5.74, 6) is -0.109. The third-order valence-corrected chi connectivity index (χ3v) is 8.07. The van der Waals surface area contributed by atoms with Crippen LogP contribution < -0.4 is 5.32 Å². The number of sulfonamides is 1. The molecular weight excluding hydrogens is 400 g/mol. The summed E-state index contributed by atoms with van der Waals surface area (Å²) in [6.07, 6.45) is 4.44. The predicted molar refractivity (Wildman–Crippen MR) is 119 cm³/mol. The van der Waals surface area contributed by atoms with E-state index in [1.807, 2.05) is 26.0 Å². The lowest BCUT2D eigenvalue weighted by Gasteiger charge is -2.31. The van der Waals surface area contributed by atoms with Crippen LogP contribution in [0.1, 0.15) is 36.8 Å². The third kappa shape index (κ3) is 6.03. The van der Waals surface area contributed by atoms with Crippen LogP contribution in [0.2, 0.25) is 0 Å². The maximum absolute atomic E-state index is 13.5. The molecule has 0 radical (unpaired) electrons. The Kier molecular flexibility index (Phi) is 8.27. The van der Waals surface area contributed by atoms with Crippen LogP contribution in [0.15, 0.2) is 23.1 Å². The van der Waals surface area contributed by atoms with Gasteiger partial charge < -0.3 is 15.1 Å². The molecule has 1 N–H and O–H groups in total. The Morgan fingerprint density at radius 1 is 1.07 bits per heavy atom. The summed E-state index contributed by atoms with van der Waals surface area (Å²) < 4.78 is 28.4. The van der Waals surface area contributed by atoms with Crippen molar-refractivity contribution < 1.29 is 13.2 Å². The van der Waals surface area contributed by atoms with Crippen molar-refractivity contribution in [2.24, 2.45) is 0 Å². The van der Waals surface area contributed by atoms with Crippen LogP contribution in [-0.2, 0) is 14.8 Å². The zero-order valence-electron chi connectivity index (χ0n) is 18.4. The van der Waals surface area contributed by atoms with Crippen LogP contribution >= 0.6 is 0 Å². The number of nitrogens with one attached hydrogen (secondary N) is 1. The van der Waals surface area contributed by atoms with Crippen LogP contribution in [0.3, 0.4) is 0 Å². The fourth-order valence-electron chi connectivity index (χ4n) is 4.33. The topological polar surface area (TPSA) is 73.0 Å². The predicted octanol–water partition coefficient (Wildman–Crippen LogP) is 1.60. The van der Waals surface area contributed by atoms with Gasteiger partial charge in [0.25, 0.3) is 0 Å². The first-order valence-electron chi connectivity index (χ1n) is 11.2. The monoisotopic (exact) mass is 436 g/mol. The molecule has 2 fully saturated rings. The number of aryl methyl sites for hydroxylation is 2. The van der Waals surface area contributed by atoms with Crippen molar-refractivity contribution in [3.8, 4) is 0 Å². The Bertz CT molecular complexity index is 816. The van der Waals surface area contributed by atoms with Gasteiger partial charge >= 0.3 is 0 Å². The van der Waals surface area contributed by atoms with E-state index in [1.165, 1.54) is 23.6 Å². The fraction of sp³-hybridized carbons (Fsp3) is 0.682. The van der Waals surface area contributed by atoms with Gasteiger partial charge in [-0.25, -0.2) is 8.42 Å². The van der Waals surface area contributed by atoms with Gasteiger partial charge in [-0.05, 0) is 64.4 Å². The summed E-state index contributed by atoms with van der Waals surface area (Å²) in [6, 6.07) is 5.38. The van der Waals surface area contributed by atoms with Crippen molar-refractivity contribution in [2.75, 3.05) is 58.9 Å². The number of likely N-dealkylation sites (tertiary alicyclic amines) is 1. The second-order valence-electron chi connectivity index (χ2n) is 8.49. The van der Waals surface area contributed by atoms with Crippen LogP contribution in [-0.4, -0.2) is 87.3 Å². The molecule has 8 heteroatoms. The lowest BCUT2D eigenvalue weighted by Crippen LogP contribution is -2.50. The van der Waals surface area contributed by atoms with Crippen molar-refractivity contribution in [3.05, 3.63) is 29.3 Å². The molecule has 0 spiro atoms. The SMILES string of the molecule is Cc1ccc(S(=O)(=O)N(CCCN2CCCCC2)CC(=O)N2CCNCC2)c(C)c1. The Labute approximate surface area is 181 Å². The number of benzene rings is 1. The number of carbonyl (C=O) groups is 1. The Morgan fingerprint density at radius 3 is 2.43 bits per heavy atom. The molecule has 0 saturated carbocycles. The van der Waals surface area contributed by atoms with Crippen LogP contribution in [0, 0.1) is 13.8 Å². The zero-order chi connectivity index (χ0) is 21.6. The van der Waals surface area contributed by atoms with E-state index in [0.717, 1.165) is 50.3 Å². The molecule has 1 amide bonds. The number of hydrogen-bond donors (Lipinski definition) is 1. The average Bonchev–Trinajstić information content (AvgIpc) is 2.74. The lowest BCUT2D eigenvalue weighted by atomic mass is 10.1. The van der Waals surface area contributed by atoms with Gasteiger partial charge in [0.1, 0.15) is 0 Å². The van der Waals surface area contributed by atoms with E-state index in [-0.39, 0.29) is 12.5 Å². The molecule has 2 heterocycles. The van der Waals surface area contributed by atoms with Gasteiger partial charge in [-0.1, -0.05) is 24.1 Å². The summed E-state index contributed by atoms with van der Waals surface area (Å²) in [7, 11) is -3.73. The van der Waals surface area contributed by atoms with Gasteiger partial charge in [-0.15, -0.1) is 0 Å². The lowest BCUT2D eigenvalue weighted by molar-refractivity contribution is -0.132. The second kappa shape index (κ2) is 10.7. The molecule has 0 aliphatic carbocycles. The number of rotatable bonds is 8. The highest BCUT2D eigenvalue weighted by Crippen LogP contribution is 2.22. The molecule has 0 bridgehead atoms. The zero-order valence-corrected chi connectivity index (χ0v) is 19.2. The summed E-state index contributed by atoms with van der Waals surface area (Å²) in [5.41, 5.74) is 1.76. The molecule has 0 aromatic heterocycles. The van der Waals surface area contributed by atoms with E-state index in [1.54, 1.807) is 11.0 Å². The van der Waals surface area contributed by atoms with E-state index in [2.05, 4.69) is 10.2 Å². The maximum Gasteiger partial charge on any atom is 0.243 e. The highest BCUT2D eigenvalue weighted by molar-refractivity contribution is 7.89. The average molecular weight is 437 g/mol. The van der Waals surface area contributed by atoms with Crippen molar-refractivity contribution >= 4 is 15.9 Å². The molecule has 168 valence electrons. The molecule has 2 saturated heterocycles. The van der Waals surface area contributed by atoms with Crippen molar-refractivity contribution in [1.82, 2.24) is 19.4 Å². The van der Waals surface area contributed by atoms with E-state index in [4.69, 9.17) is 0 Å². The van der Waals surface area contributed by atoms with Gasteiger partial charge in [-0.2, -0.15) is 4.31 Å². The van der Waals surface area contributed by atoms with E-state index in [9.17, 15) is 13.2 Å². The highest BCUT2D eigenvalue weighted by atomic mass is 32.2. The minimum Gasteiger partial charge on any atom is -0.339 e. The Hall–Kier alpha value is -1.48. The largest absolute Gasteiger partial charge is 0.339 e. The number of nitrogens with zero attached hydrogens (tertiary/aromatic N) is 3. The van der Waals surface area contributed by atoms with Gasteiger partial charge in [0, 0.05) is 32.7 Å². The van der Waals surface area contributed by atoms with E-state index >= 15 is 0 Å². The number of piperidine rings is 1. The maximum atomic E-state index is 13.5. The molecule has 3 rings (SSSR count). The highest BCUT2D eigenvalue weighted by Gasteiger charge is 2.30. The fourth-order valence-corrected chi connectivity index (χ4v) is 5.96. The molecule has 2 aliphatic rings. The molecular formula is C22H36N4O3S. The van der Waals surface area contributed by atoms with E-state index in [0.29, 0.717) is 24.5 Å². The molecule has 0 atom stereocenters. The van der Waals surface area contributed by atoms with Gasteiger partial charge in [0.15, 0.2) is 0 Å². The summed E-state index contributed by atoms with van der Waals surface area (Å²) in [6.45, 7) is 9.87. The quantitative estimate of drug-likeness (QED) is 0.670. The first kappa shape index (κ1) is 23.2. The van der Waals surface area contributed by atoms with Crippen molar-refractivity contribution in [3.63, 3.8) is 0 Å². The molecule has 30 heavy (non-hydrogen) atoms. The minimum atomic E-state index is -3.73. The number of hydrogen-bond acceptors (Lipinski definition) is 5. The first-order valence-corrected chi connectivity index (χ1v) is 12.6. The molecule has 7 nitrogen and oxygen atoms in total. The second-order valence-corrected chi connectivity index (χ2v) is 10.4. The third-order valence-electron chi connectivity index (χ3n) is 6.06. The van der Waals surface area contributed by atoms with Gasteiger partial charge in [-0.3, -0.25) is 4.79 Å². The van der Waals surface area contributed by atoms with Crippen molar-refractivity contribution in [1.29, 1.82) is 0 Å². The smallest absolute Gasteiger partial charge is 0.243 e. The molecule has 1 aromatic carbocycles. The Morgan fingerprint density at radius 2 is 1.77 bits per heavy atom. The number of amides is 1. The molecule has 2 aliphatic heterocycles. The Balaban J connectivity index is 1.73. The van der Waals surface area contributed by atoms with E-state index < -0.39 is 10.0 Å². The molecule has 0 unspecified atom stereocenters. The standard InChI is InChI=1S/C22H36N4O3S/c1-19-7-8-21(20(2)17-19)30(28,29)26(14-6-13-24-11-4-3-5-12-24)18-22(27)25-15-9-23-10-16-25/h7-8,17,23H,3-6,9-16,18H2,1-2H3. The van der Waals surface area contributed by atoms with Crippen LogP contribution in [0.5, 0.6) is 0 Å². The van der Waals surface area contributed by atoms with Crippen LogP contribution in [0.25, 0.3) is 0 Å². The summed E-state index contributed by atoms with van der Waals surface area (Å²) in [4.78, 5) is 17.4. The number of piperazine rings is 1. The minimum absolute atomic E-state index is 0.0876. The van der Waals surface area contributed by atoms with Crippen molar-refractivity contribution in [2.45, 2.75) is 44.4 Å². The number of carbonyl (C=O) groups excluding carboxylic acids is 1.